The third-order valence-corrected chi connectivity index (χ3v) is 3.62. The predicted molar refractivity (Wildman–Crippen MR) is 85.9 cm³/mol. The van der Waals surface area contributed by atoms with Gasteiger partial charge in [-0.1, -0.05) is 12.1 Å². The average molecular weight is 365 g/mol. The number of alkyl halides is 3. The quantitative estimate of drug-likeness (QED) is 0.661. The van der Waals surface area contributed by atoms with E-state index in [1.54, 1.807) is 31.2 Å². The summed E-state index contributed by atoms with van der Waals surface area (Å²) in [6.07, 6.45) is -3.67. The Morgan fingerprint density at radius 2 is 2.04 bits per heavy atom. The van der Waals surface area contributed by atoms with E-state index < -0.39 is 17.8 Å². The molecule has 26 heavy (non-hydrogen) atoms. The van der Waals surface area contributed by atoms with Crippen LogP contribution in [-0.2, 0) is 10.9 Å². The van der Waals surface area contributed by atoms with Crippen molar-refractivity contribution in [2.75, 3.05) is 13.7 Å². The van der Waals surface area contributed by atoms with Crippen LogP contribution in [0.4, 0.5) is 13.2 Å². The van der Waals surface area contributed by atoms with E-state index in [1.807, 2.05) is 0 Å². The highest BCUT2D eigenvalue weighted by molar-refractivity contribution is 5.96. The molecule has 0 spiro atoms. The zero-order valence-corrected chi connectivity index (χ0v) is 13.9. The second-order valence-electron chi connectivity index (χ2n) is 5.27. The van der Waals surface area contributed by atoms with Crippen molar-refractivity contribution in [1.82, 2.24) is 14.6 Å². The molecule has 0 atom stereocenters. The molecule has 0 aliphatic carbocycles. The summed E-state index contributed by atoms with van der Waals surface area (Å²) in [5.74, 6) is -0.317. The lowest BCUT2D eigenvalue weighted by Crippen LogP contribution is -2.14. The average Bonchev–Trinajstić information content (AvgIpc) is 3.04. The van der Waals surface area contributed by atoms with Gasteiger partial charge in [-0.25, -0.2) is 14.3 Å². The molecule has 1 aromatic carbocycles. The molecule has 0 saturated carbocycles. The van der Waals surface area contributed by atoms with Crippen molar-refractivity contribution in [1.29, 1.82) is 0 Å². The van der Waals surface area contributed by atoms with Gasteiger partial charge < -0.3 is 9.47 Å². The molecule has 0 aliphatic rings. The van der Waals surface area contributed by atoms with Gasteiger partial charge in [-0.2, -0.15) is 18.3 Å². The van der Waals surface area contributed by atoms with E-state index in [-0.39, 0.29) is 23.5 Å². The molecule has 136 valence electrons. The van der Waals surface area contributed by atoms with E-state index in [0.29, 0.717) is 15.8 Å². The van der Waals surface area contributed by atoms with Gasteiger partial charge in [0.1, 0.15) is 11.3 Å². The first-order valence-electron chi connectivity index (χ1n) is 7.62. The van der Waals surface area contributed by atoms with Crippen LogP contribution >= 0.6 is 0 Å². The summed E-state index contributed by atoms with van der Waals surface area (Å²) in [7, 11) is 1.45. The number of carbonyl (C=O) groups excluding carboxylic acids is 1. The number of ether oxygens (including phenoxy) is 2. The number of rotatable bonds is 4. The monoisotopic (exact) mass is 365 g/mol. The second kappa shape index (κ2) is 6.66. The number of methoxy groups -OCH3 is 1. The van der Waals surface area contributed by atoms with Crippen LogP contribution in [0.1, 0.15) is 23.0 Å². The van der Waals surface area contributed by atoms with Gasteiger partial charge in [0.15, 0.2) is 11.3 Å². The lowest BCUT2D eigenvalue weighted by Gasteiger charge is -2.12. The van der Waals surface area contributed by atoms with Crippen molar-refractivity contribution in [3.8, 4) is 17.0 Å². The number of esters is 1. The predicted octanol–water partition coefficient (Wildman–Crippen LogP) is 3.60. The number of hydrogen-bond donors (Lipinski definition) is 0. The van der Waals surface area contributed by atoms with Crippen LogP contribution in [0.25, 0.3) is 16.9 Å². The maximum Gasteiger partial charge on any atom is 0.433 e. The minimum absolute atomic E-state index is 0.0368. The Kier molecular flexibility index (Phi) is 4.54. The van der Waals surface area contributed by atoms with Gasteiger partial charge in [0, 0.05) is 5.56 Å². The van der Waals surface area contributed by atoms with Crippen LogP contribution in [0, 0.1) is 0 Å². The molecule has 3 aromatic rings. The molecule has 9 heteroatoms. The largest absolute Gasteiger partial charge is 0.497 e. The summed E-state index contributed by atoms with van der Waals surface area (Å²) in [6.45, 7) is 1.68. The molecule has 2 heterocycles. The van der Waals surface area contributed by atoms with Gasteiger partial charge in [-0.15, -0.1) is 0 Å². The first kappa shape index (κ1) is 17.7. The van der Waals surface area contributed by atoms with Crippen LogP contribution in [0.15, 0.2) is 36.5 Å². The first-order valence-corrected chi connectivity index (χ1v) is 7.62. The van der Waals surface area contributed by atoms with Gasteiger partial charge in [0.05, 0.1) is 25.6 Å². The molecule has 0 aliphatic heterocycles. The molecule has 0 radical (unpaired) electrons. The number of nitrogens with zero attached hydrogens (tertiary/aromatic N) is 3. The van der Waals surface area contributed by atoms with Crippen LogP contribution in [0.5, 0.6) is 5.75 Å². The van der Waals surface area contributed by atoms with Gasteiger partial charge in [-0.3, -0.25) is 0 Å². The SMILES string of the molecule is CCOC(=O)c1cnn2c(C(F)(F)F)cc(-c3cccc(OC)c3)nc12. The number of halogens is 3. The minimum atomic E-state index is -4.69. The summed E-state index contributed by atoms with van der Waals surface area (Å²) < 4.78 is 51.0. The Labute approximate surface area is 146 Å². The van der Waals surface area contributed by atoms with Crippen molar-refractivity contribution in [3.05, 3.63) is 47.8 Å². The van der Waals surface area contributed by atoms with Gasteiger partial charge in [-0.05, 0) is 25.1 Å². The van der Waals surface area contributed by atoms with Crippen LogP contribution in [0.2, 0.25) is 0 Å². The maximum absolute atomic E-state index is 13.5. The number of fused-ring (bicyclic) bond motifs is 1. The summed E-state index contributed by atoms with van der Waals surface area (Å²) >= 11 is 0. The molecule has 0 amide bonds. The van der Waals surface area contributed by atoms with Crippen LogP contribution in [0.3, 0.4) is 0 Å². The third kappa shape index (κ3) is 3.19. The van der Waals surface area contributed by atoms with E-state index in [2.05, 4.69) is 10.1 Å². The number of aromatic nitrogens is 3. The molecule has 3 rings (SSSR count). The molecular formula is C17H14F3N3O3. The van der Waals surface area contributed by atoms with Crippen LogP contribution in [-0.4, -0.2) is 34.3 Å². The lowest BCUT2D eigenvalue weighted by atomic mass is 10.1. The minimum Gasteiger partial charge on any atom is -0.497 e. The topological polar surface area (TPSA) is 65.7 Å². The van der Waals surface area contributed by atoms with Crippen molar-refractivity contribution < 1.29 is 27.4 Å². The highest BCUT2D eigenvalue weighted by atomic mass is 19.4. The van der Waals surface area contributed by atoms with Crippen molar-refractivity contribution in [2.24, 2.45) is 0 Å². The normalized spacial score (nSPS) is 11.6. The summed E-state index contributed by atoms with van der Waals surface area (Å²) in [4.78, 5) is 16.2. The van der Waals surface area contributed by atoms with Crippen molar-refractivity contribution in [3.63, 3.8) is 0 Å². The number of benzene rings is 1. The lowest BCUT2D eigenvalue weighted by molar-refractivity contribution is -0.142. The molecule has 6 nitrogen and oxygen atoms in total. The van der Waals surface area contributed by atoms with Gasteiger partial charge in [0.25, 0.3) is 0 Å². The fourth-order valence-electron chi connectivity index (χ4n) is 2.45. The van der Waals surface area contributed by atoms with E-state index in [4.69, 9.17) is 9.47 Å². The Morgan fingerprint density at radius 1 is 1.27 bits per heavy atom. The fourth-order valence-corrected chi connectivity index (χ4v) is 2.45. The molecule has 0 saturated heterocycles. The smallest absolute Gasteiger partial charge is 0.433 e. The summed E-state index contributed by atoms with van der Waals surface area (Å²) in [5.41, 5.74) is -0.961. The molecule has 0 unspecified atom stereocenters. The Hall–Kier alpha value is -3.10. The zero-order valence-electron chi connectivity index (χ0n) is 13.9. The highest BCUT2D eigenvalue weighted by Crippen LogP contribution is 2.33. The third-order valence-electron chi connectivity index (χ3n) is 3.62. The van der Waals surface area contributed by atoms with E-state index in [1.165, 1.54) is 7.11 Å². The number of carbonyl (C=O) groups is 1. The summed E-state index contributed by atoms with van der Waals surface area (Å²) in [6, 6.07) is 7.33. The Bertz CT molecular complexity index is 967. The zero-order chi connectivity index (χ0) is 18.9. The van der Waals surface area contributed by atoms with Gasteiger partial charge in [0.2, 0.25) is 0 Å². The Balaban J connectivity index is 2.27. The van der Waals surface area contributed by atoms with Crippen molar-refractivity contribution in [2.45, 2.75) is 13.1 Å². The molecule has 0 bridgehead atoms. The van der Waals surface area contributed by atoms with E-state index >= 15 is 0 Å². The standard InChI is InChI=1S/C17H14F3N3O3/c1-3-26-16(24)12-9-21-23-14(17(18,19)20)8-13(22-15(12)23)10-5-4-6-11(7-10)25-2/h4-9H,3H2,1-2H3. The van der Waals surface area contributed by atoms with Gasteiger partial charge >= 0.3 is 12.1 Å². The maximum atomic E-state index is 13.5. The summed E-state index contributed by atoms with van der Waals surface area (Å²) in [5, 5.41) is 3.67. The first-order chi connectivity index (χ1) is 12.3. The van der Waals surface area contributed by atoms with E-state index in [9.17, 15) is 18.0 Å². The van der Waals surface area contributed by atoms with Crippen molar-refractivity contribution >= 4 is 11.6 Å². The fraction of sp³-hybridized carbons (Fsp3) is 0.235. The molecule has 0 N–H and O–H groups in total. The molecule has 0 fully saturated rings. The molecular weight excluding hydrogens is 351 g/mol. The van der Waals surface area contributed by atoms with Crippen LogP contribution < -0.4 is 4.74 Å². The second-order valence-corrected chi connectivity index (χ2v) is 5.27. The number of hydrogen-bond acceptors (Lipinski definition) is 5. The molecule has 2 aromatic heterocycles. The van der Waals surface area contributed by atoms with E-state index in [0.717, 1.165) is 12.3 Å². The highest BCUT2D eigenvalue weighted by Gasteiger charge is 2.36. The Morgan fingerprint density at radius 3 is 2.69 bits per heavy atom.